The minimum atomic E-state index is 0.650. The van der Waals surface area contributed by atoms with Crippen LogP contribution in [0.15, 0.2) is 6.20 Å². The van der Waals surface area contributed by atoms with Crippen molar-refractivity contribution in [1.82, 2.24) is 24.9 Å². The van der Waals surface area contributed by atoms with Crippen LogP contribution in [0.25, 0.3) is 11.3 Å². The second-order valence-corrected chi connectivity index (χ2v) is 5.87. The Bertz CT molecular complexity index is 592. The van der Waals surface area contributed by atoms with Gasteiger partial charge in [0.2, 0.25) is 0 Å². The lowest BCUT2D eigenvalue weighted by Crippen LogP contribution is -2.19. The fourth-order valence-electron chi connectivity index (χ4n) is 2.49. The van der Waals surface area contributed by atoms with Gasteiger partial charge in [0.1, 0.15) is 5.69 Å². The van der Waals surface area contributed by atoms with Crippen LogP contribution in [0.1, 0.15) is 30.8 Å². The SMILES string of the molecule is Cc1nn(C)c(C)c1-c1nn(C)cc1CNCC(C)C. The average Bonchev–Trinajstić information content (AvgIpc) is 2.80. The molecule has 0 spiro atoms. The van der Waals surface area contributed by atoms with Crippen LogP contribution >= 0.6 is 0 Å². The summed E-state index contributed by atoms with van der Waals surface area (Å²) in [5.41, 5.74) is 5.63. The Morgan fingerprint density at radius 2 is 1.90 bits per heavy atom. The normalized spacial score (nSPS) is 11.6. The van der Waals surface area contributed by atoms with Crippen LogP contribution in [0, 0.1) is 19.8 Å². The maximum atomic E-state index is 4.64. The van der Waals surface area contributed by atoms with Gasteiger partial charge in [0.05, 0.1) is 5.69 Å². The molecule has 0 bridgehead atoms. The van der Waals surface area contributed by atoms with Crippen molar-refractivity contribution in [3.05, 3.63) is 23.1 Å². The Kier molecular flexibility index (Phi) is 4.28. The van der Waals surface area contributed by atoms with E-state index >= 15 is 0 Å². The Balaban J connectivity index is 2.32. The maximum absolute atomic E-state index is 4.64. The molecule has 5 nitrogen and oxygen atoms in total. The van der Waals surface area contributed by atoms with Gasteiger partial charge in [0, 0.05) is 43.7 Å². The molecule has 0 aliphatic carbocycles. The lowest BCUT2D eigenvalue weighted by atomic mass is 10.1. The number of aryl methyl sites for hydroxylation is 3. The Labute approximate surface area is 121 Å². The van der Waals surface area contributed by atoms with E-state index in [-0.39, 0.29) is 0 Å². The highest BCUT2D eigenvalue weighted by Crippen LogP contribution is 2.28. The zero-order valence-corrected chi connectivity index (χ0v) is 13.4. The molecular weight excluding hydrogens is 250 g/mol. The summed E-state index contributed by atoms with van der Waals surface area (Å²) in [6.07, 6.45) is 2.09. The topological polar surface area (TPSA) is 47.7 Å². The summed E-state index contributed by atoms with van der Waals surface area (Å²) in [5.74, 6) is 0.650. The molecule has 0 radical (unpaired) electrons. The van der Waals surface area contributed by atoms with E-state index in [2.05, 4.69) is 42.5 Å². The van der Waals surface area contributed by atoms with Crippen molar-refractivity contribution in [1.29, 1.82) is 0 Å². The molecule has 110 valence electrons. The van der Waals surface area contributed by atoms with E-state index in [1.165, 1.54) is 5.56 Å². The van der Waals surface area contributed by atoms with Crippen molar-refractivity contribution in [2.75, 3.05) is 6.54 Å². The second-order valence-electron chi connectivity index (χ2n) is 5.87. The Hall–Kier alpha value is -1.62. The quantitative estimate of drug-likeness (QED) is 0.910. The summed E-state index contributed by atoms with van der Waals surface area (Å²) in [5, 5.41) is 12.6. The Morgan fingerprint density at radius 3 is 2.45 bits per heavy atom. The molecule has 2 aromatic rings. The van der Waals surface area contributed by atoms with Gasteiger partial charge >= 0.3 is 0 Å². The zero-order chi connectivity index (χ0) is 14.9. The summed E-state index contributed by atoms with van der Waals surface area (Å²) in [7, 11) is 3.95. The van der Waals surface area contributed by atoms with Crippen LogP contribution in [-0.2, 0) is 20.6 Å². The van der Waals surface area contributed by atoms with Gasteiger partial charge in [-0.05, 0) is 26.3 Å². The molecule has 0 unspecified atom stereocenters. The monoisotopic (exact) mass is 275 g/mol. The summed E-state index contributed by atoms with van der Waals surface area (Å²) in [6.45, 7) is 10.4. The summed E-state index contributed by atoms with van der Waals surface area (Å²) in [6, 6.07) is 0. The first-order valence-corrected chi connectivity index (χ1v) is 7.14. The molecule has 2 heterocycles. The average molecular weight is 275 g/mol. The van der Waals surface area contributed by atoms with Crippen LogP contribution in [0.5, 0.6) is 0 Å². The van der Waals surface area contributed by atoms with Crippen molar-refractivity contribution in [3.8, 4) is 11.3 Å². The lowest BCUT2D eigenvalue weighted by molar-refractivity contribution is 0.552. The first kappa shape index (κ1) is 14.8. The van der Waals surface area contributed by atoms with Crippen LogP contribution in [0.2, 0.25) is 0 Å². The molecule has 0 saturated heterocycles. The van der Waals surface area contributed by atoms with Gasteiger partial charge in [-0.3, -0.25) is 9.36 Å². The van der Waals surface area contributed by atoms with Crippen LogP contribution in [-0.4, -0.2) is 26.1 Å². The largest absolute Gasteiger partial charge is 0.312 e. The predicted octanol–water partition coefficient (Wildman–Crippen LogP) is 2.18. The number of hydrogen-bond acceptors (Lipinski definition) is 3. The van der Waals surface area contributed by atoms with E-state index in [1.807, 2.05) is 30.4 Å². The fraction of sp³-hybridized carbons (Fsp3) is 0.600. The maximum Gasteiger partial charge on any atom is 0.100 e. The molecule has 0 aromatic carbocycles. The van der Waals surface area contributed by atoms with E-state index in [4.69, 9.17) is 0 Å². The van der Waals surface area contributed by atoms with Gasteiger partial charge in [-0.15, -0.1) is 0 Å². The van der Waals surface area contributed by atoms with Gasteiger partial charge in [-0.2, -0.15) is 10.2 Å². The molecule has 20 heavy (non-hydrogen) atoms. The number of rotatable bonds is 5. The molecule has 1 N–H and O–H groups in total. The van der Waals surface area contributed by atoms with Gasteiger partial charge in [0.25, 0.3) is 0 Å². The van der Waals surface area contributed by atoms with Crippen molar-refractivity contribution in [2.45, 2.75) is 34.2 Å². The minimum Gasteiger partial charge on any atom is -0.312 e. The highest BCUT2D eigenvalue weighted by Gasteiger charge is 2.18. The molecule has 0 saturated carbocycles. The van der Waals surface area contributed by atoms with Crippen molar-refractivity contribution in [2.24, 2.45) is 20.0 Å². The lowest BCUT2D eigenvalue weighted by Gasteiger charge is -2.07. The molecule has 0 aliphatic rings. The van der Waals surface area contributed by atoms with Crippen LogP contribution < -0.4 is 5.32 Å². The number of nitrogens with one attached hydrogen (secondary N) is 1. The van der Waals surface area contributed by atoms with Gasteiger partial charge in [0.15, 0.2) is 0 Å². The predicted molar refractivity (Wildman–Crippen MR) is 81.4 cm³/mol. The standard InChI is InChI=1S/C15H25N5/c1-10(2)7-16-8-13-9-19(5)18-15(13)14-11(3)17-20(6)12(14)4/h9-10,16H,7-8H2,1-6H3. The van der Waals surface area contributed by atoms with E-state index in [9.17, 15) is 0 Å². The number of aromatic nitrogens is 4. The Morgan fingerprint density at radius 1 is 1.20 bits per heavy atom. The first-order chi connectivity index (χ1) is 9.40. The number of nitrogens with zero attached hydrogens (tertiary/aromatic N) is 4. The summed E-state index contributed by atoms with van der Waals surface area (Å²) < 4.78 is 3.80. The van der Waals surface area contributed by atoms with E-state index in [1.54, 1.807) is 0 Å². The molecule has 2 aromatic heterocycles. The number of hydrogen-bond donors (Lipinski definition) is 1. The molecule has 0 aliphatic heterocycles. The molecule has 0 amide bonds. The highest BCUT2D eigenvalue weighted by atomic mass is 15.3. The highest BCUT2D eigenvalue weighted by molar-refractivity contribution is 5.67. The van der Waals surface area contributed by atoms with Gasteiger partial charge in [-0.1, -0.05) is 13.8 Å². The van der Waals surface area contributed by atoms with Gasteiger partial charge < -0.3 is 5.32 Å². The molecular formula is C15H25N5. The third-order valence-corrected chi connectivity index (χ3v) is 3.52. The van der Waals surface area contributed by atoms with E-state index in [0.717, 1.165) is 35.7 Å². The van der Waals surface area contributed by atoms with Crippen LogP contribution in [0.4, 0.5) is 0 Å². The fourth-order valence-corrected chi connectivity index (χ4v) is 2.49. The van der Waals surface area contributed by atoms with Crippen molar-refractivity contribution < 1.29 is 0 Å². The summed E-state index contributed by atoms with van der Waals surface area (Å²) >= 11 is 0. The first-order valence-electron chi connectivity index (χ1n) is 7.14. The summed E-state index contributed by atoms with van der Waals surface area (Å²) in [4.78, 5) is 0. The van der Waals surface area contributed by atoms with E-state index < -0.39 is 0 Å². The van der Waals surface area contributed by atoms with Crippen molar-refractivity contribution in [3.63, 3.8) is 0 Å². The molecule has 0 atom stereocenters. The van der Waals surface area contributed by atoms with Crippen molar-refractivity contribution >= 4 is 0 Å². The van der Waals surface area contributed by atoms with Gasteiger partial charge in [-0.25, -0.2) is 0 Å². The molecule has 5 heteroatoms. The minimum absolute atomic E-state index is 0.650. The third-order valence-electron chi connectivity index (χ3n) is 3.52. The molecule has 2 rings (SSSR count). The van der Waals surface area contributed by atoms with E-state index in [0.29, 0.717) is 5.92 Å². The zero-order valence-electron chi connectivity index (χ0n) is 13.4. The third kappa shape index (κ3) is 2.93. The smallest absolute Gasteiger partial charge is 0.100 e. The second kappa shape index (κ2) is 5.79. The van der Waals surface area contributed by atoms with Crippen LogP contribution in [0.3, 0.4) is 0 Å². The molecule has 0 fully saturated rings.